The van der Waals surface area contributed by atoms with Gasteiger partial charge in [0.15, 0.2) is 0 Å². The second-order valence-electron chi connectivity index (χ2n) is 8.31. The molecule has 0 saturated heterocycles. The van der Waals surface area contributed by atoms with Crippen LogP contribution in [0.1, 0.15) is 31.2 Å². The van der Waals surface area contributed by atoms with Crippen molar-refractivity contribution < 1.29 is 9.53 Å². The molecule has 0 radical (unpaired) electrons. The smallest absolute Gasteiger partial charge is 0.255 e. The molecule has 0 bridgehead atoms. The van der Waals surface area contributed by atoms with Gasteiger partial charge >= 0.3 is 0 Å². The molecule has 3 N–H and O–H groups in total. The molecule has 2 atom stereocenters. The molecule has 8 heteroatoms. The minimum absolute atomic E-state index is 0.0180. The van der Waals surface area contributed by atoms with Gasteiger partial charge in [0.25, 0.3) is 5.56 Å². The van der Waals surface area contributed by atoms with Gasteiger partial charge in [-0.2, -0.15) is 0 Å². The molecule has 7 nitrogen and oxygen atoms in total. The highest BCUT2D eigenvalue weighted by Gasteiger charge is 2.27. The molecule has 3 aromatic rings. The summed E-state index contributed by atoms with van der Waals surface area (Å²) in [6, 6.07) is 14.5. The van der Waals surface area contributed by atoms with Gasteiger partial charge in [0.1, 0.15) is 0 Å². The number of carbonyl (C=O) groups is 1. The van der Waals surface area contributed by atoms with E-state index in [0.717, 1.165) is 36.9 Å². The predicted octanol–water partition coefficient (Wildman–Crippen LogP) is 5.29. The molecule has 33 heavy (non-hydrogen) atoms. The predicted molar refractivity (Wildman–Crippen MR) is 131 cm³/mol. The van der Waals surface area contributed by atoms with Crippen LogP contribution in [0.5, 0.6) is 0 Å². The van der Waals surface area contributed by atoms with Crippen molar-refractivity contribution in [3.05, 3.63) is 69.5 Å². The van der Waals surface area contributed by atoms with Gasteiger partial charge in [-0.05, 0) is 62.6 Å². The number of aromatic amines is 1. The van der Waals surface area contributed by atoms with Gasteiger partial charge in [0.05, 0.1) is 11.8 Å². The van der Waals surface area contributed by atoms with Crippen molar-refractivity contribution in [1.29, 1.82) is 0 Å². The summed E-state index contributed by atoms with van der Waals surface area (Å²) >= 11 is 5.93. The molecular formula is C25H27ClN4O3. The molecule has 172 valence electrons. The number of amides is 1. The Morgan fingerprint density at radius 1 is 1.09 bits per heavy atom. The van der Waals surface area contributed by atoms with E-state index in [9.17, 15) is 9.59 Å². The lowest BCUT2D eigenvalue weighted by Crippen LogP contribution is -2.30. The summed E-state index contributed by atoms with van der Waals surface area (Å²) in [6.07, 6.45) is 3.78. The first-order valence-electron chi connectivity index (χ1n) is 11.0. The van der Waals surface area contributed by atoms with Gasteiger partial charge in [-0.25, -0.2) is 4.98 Å². The average Bonchev–Trinajstić information content (AvgIpc) is 2.83. The Bertz CT molecular complexity index is 1180. The summed E-state index contributed by atoms with van der Waals surface area (Å²) in [5.74, 6) is 0.316. The van der Waals surface area contributed by atoms with Crippen LogP contribution in [-0.2, 0) is 9.53 Å². The van der Waals surface area contributed by atoms with Crippen LogP contribution in [0.2, 0.25) is 5.02 Å². The third-order valence-corrected chi connectivity index (χ3v) is 6.27. The largest absolute Gasteiger partial charge is 0.381 e. The van der Waals surface area contributed by atoms with E-state index in [-0.39, 0.29) is 23.5 Å². The Morgan fingerprint density at radius 2 is 1.79 bits per heavy atom. The van der Waals surface area contributed by atoms with E-state index in [4.69, 9.17) is 16.3 Å². The summed E-state index contributed by atoms with van der Waals surface area (Å²) in [6.45, 7) is 1.73. The van der Waals surface area contributed by atoms with Crippen LogP contribution in [-0.4, -0.2) is 29.1 Å². The molecule has 4 rings (SSSR count). The summed E-state index contributed by atoms with van der Waals surface area (Å²) < 4.78 is 5.43. The molecule has 1 aliphatic rings. The van der Waals surface area contributed by atoms with Crippen LogP contribution in [0.3, 0.4) is 0 Å². The number of rotatable bonds is 6. The van der Waals surface area contributed by atoms with Gasteiger partial charge in [0.2, 0.25) is 11.9 Å². The molecule has 1 amide bonds. The second-order valence-corrected chi connectivity index (χ2v) is 8.74. The van der Waals surface area contributed by atoms with E-state index in [1.54, 1.807) is 38.3 Å². The van der Waals surface area contributed by atoms with Crippen LogP contribution in [0.4, 0.5) is 17.3 Å². The van der Waals surface area contributed by atoms with E-state index >= 15 is 0 Å². The van der Waals surface area contributed by atoms with E-state index in [0.29, 0.717) is 27.9 Å². The van der Waals surface area contributed by atoms with Crippen molar-refractivity contribution in [1.82, 2.24) is 9.97 Å². The maximum Gasteiger partial charge on any atom is 0.255 e. The fourth-order valence-electron chi connectivity index (χ4n) is 4.10. The maximum atomic E-state index is 12.7. The van der Waals surface area contributed by atoms with E-state index in [2.05, 4.69) is 20.6 Å². The number of nitrogens with one attached hydrogen (secondary N) is 3. The Hall–Kier alpha value is -3.16. The van der Waals surface area contributed by atoms with Crippen LogP contribution in [0, 0.1) is 12.8 Å². The molecule has 1 aliphatic carbocycles. The molecule has 1 heterocycles. The first-order chi connectivity index (χ1) is 15.9. The molecule has 0 spiro atoms. The van der Waals surface area contributed by atoms with Gasteiger partial charge in [-0.1, -0.05) is 30.2 Å². The van der Waals surface area contributed by atoms with Crippen LogP contribution in [0.15, 0.2) is 53.3 Å². The zero-order valence-electron chi connectivity index (χ0n) is 18.7. The first kappa shape index (κ1) is 23.0. The fraction of sp³-hybridized carbons (Fsp3) is 0.320. The highest BCUT2D eigenvalue weighted by Crippen LogP contribution is 2.28. The summed E-state index contributed by atoms with van der Waals surface area (Å²) in [5, 5.41) is 6.73. The molecule has 2 aromatic carbocycles. The number of halogens is 1. The lowest BCUT2D eigenvalue weighted by Gasteiger charge is -2.27. The van der Waals surface area contributed by atoms with Gasteiger partial charge < -0.3 is 15.4 Å². The number of ether oxygens (including phenoxy) is 1. The number of anilines is 3. The summed E-state index contributed by atoms with van der Waals surface area (Å²) in [4.78, 5) is 32.5. The van der Waals surface area contributed by atoms with Crippen LogP contribution in [0.25, 0.3) is 11.3 Å². The highest BCUT2D eigenvalue weighted by atomic mass is 35.5. The first-order valence-corrected chi connectivity index (χ1v) is 11.4. The molecule has 2 unspecified atom stereocenters. The Kier molecular flexibility index (Phi) is 7.11. The van der Waals surface area contributed by atoms with E-state index < -0.39 is 0 Å². The number of nitrogens with zero attached hydrogens (tertiary/aromatic N) is 1. The van der Waals surface area contributed by atoms with Gasteiger partial charge in [-0.15, -0.1) is 0 Å². The van der Waals surface area contributed by atoms with Gasteiger partial charge in [0, 0.05) is 40.6 Å². The van der Waals surface area contributed by atoms with Crippen LogP contribution < -0.4 is 16.2 Å². The molecule has 1 fully saturated rings. The number of carbonyl (C=O) groups excluding carboxylic acids is 1. The Labute approximate surface area is 197 Å². The van der Waals surface area contributed by atoms with Crippen molar-refractivity contribution in [2.75, 3.05) is 17.7 Å². The lowest BCUT2D eigenvalue weighted by molar-refractivity contribution is -0.122. The minimum atomic E-state index is -0.223. The number of benzene rings is 2. The average molecular weight is 467 g/mol. The molecule has 1 aromatic heterocycles. The zero-order chi connectivity index (χ0) is 23.4. The van der Waals surface area contributed by atoms with Crippen molar-refractivity contribution in [3.63, 3.8) is 0 Å². The topological polar surface area (TPSA) is 96.1 Å². The lowest BCUT2D eigenvalue weighted by atomic mass is 9.86. The zero-order valence-corrected chi connectivity index (χ0v) is 19.4. The fourth-order valence-corrected chi connectivity index (χ4v) is 4.22. The molecule has 0 aliphatic heterocycles. The summed E-state index contributed by atoms with van der Waals surface area (Å²) in [5.41, 5.74) is 3.12. The Balaban J connectivity index is 1.50. The maximum absolute atomic E-state index is 12.7. The normalized spacial score (nSPS) is 18.0. The number of methoxy groups -OCH3 is 1. The minimum Gasteiger partial charge on any atom is -0.381 e. The monoisotopic (exact) mass is 466 g/mol. The van der Waals surface area contributed by atoms with Crippen molar-refractivity contribution in [2.24, 2.45) is 5.92 Å². The number of hydrogen-bond acceptors (Lipinski definition) is 5. The third kappa shape index (κ3) is 5.61. The van der Waals surface area contributed by atoms with Crippen molar-refractivity contribution in [3.8, 4) is 11.3 Å². The number of hydrogen-bond donors (Lipinski definition) is 3. The van der Waals surface area contributed by atoms with Crippen molar-refractivity contribution >= 4 is 34.8 Å². The Morgan fingerprint density at radius 3 is 2.48 bits per heavy atom. The third-order valence-electron chi connectivity index (χ3n) is 6.01. The van der Waals surface area contributed by atoms with Crippen molar-refractivity contribution in [2.45, 2.75) is 38.7 Å². The standard InChI is InChI=1S/C25H27ClN4O3/c1-15-22(29-25(30-23(15)31)28-20-12-8-18(26)9-13-20)16-6-10-19(11-7-16)27-24(32)17-4-3-5-21(14-17)33-2/h6-13,17,21H,3-5,14H2,1-2H3,(H,27,32)(H2,28,29,30,31). The highest BCUT2D eigenvalue weighted by molar-refractivity contribution is 6.30. The number of aromatic nitrogens is 2. The second kappa shape index (κ2) is 10.2. The molecule has 1 saturated carbocycles. The van der Waals surface area contributed by atoms with Gasteiger partial charge in [-0.3, -0.25) is 14.6 Å². The quantitative estimate of drug-likeness (QED) is 0.459. The van der Waals surface area contributed by atoms with E-state index in [1.807, 2.05) is 24.3 Å². The summed E-state index contributed by atoms with van der Waals surface area (Å²) in [7, 11) is 1.70. The number of H-pyrrole nitrogens is 1. The molecular weight excluding hydrogens is 440 g/mol. The SMILES string of the molecule is COC1CCCC(C(=O)Nc2ccc(-c3nc(Nc4ccc(Cl)cc4)[nH]c(=O)c3C)cc2)C1. The van der Waals surface area contributed by atoms with E-state index in [1.165, 1.54) is 0 Å². The van der Waals surface area contributed by atoms with Crippen LogP contribution >= 0.6 is 11.6 Å².